The van der Waals surface area contributed by atoms with Gasteiger partial charge in [-0.1, -0.05) is 19.1 Å². The first kappa shape index (κ1) is 19.9. The molecule has 7 nitrogen and oxygen atoms in total. The number of amides is 1. The van der Waals surface area contributed by atoms with Gasteiger partial charge in [-0.15, -0.1) is 11.3 Å². The molecule has 1 aromatic heterocycles. The van der Waals surface area contributed by atoms with Crippen LogP contribution in [0.5, 0.6) is 0 Å². The molecule has 0 aliphatic heterocycles. The molecule has 140 valence electrons. The van der Waals surface area contributed by atoms with Gasteiger partial charge in [-0.3, -0.25) is 9.52 Å². The van der Waals surface area contributed by atoms with Crippen LogP contribution in [0.2, 0.25) is 0 Å². The van der Waals surface area contributed by atoms with Gasteiger partial charge in [0.25, 0.3) is 15.9 Å². The Morgan fingerprint density at radius 1 is 1.23 bits per heavy atom. The summed E-state index contributed by atoms with van der Waals surface area (Å²) < 4.78 is 32.4. The van der Waals surface area contributed by atoms with Crippen LogP contribution in [0.25, 0.3) is 0 Å². The molecule has 0 spiro atoms. The lowest BCUT2D eigenvalue weighted by Gasteiger charge is -2.15. The van der Waals surface area contributed by atoms with Crippen LogP contribution in [0.1, 0.15) is 40.3 Å². The Hall–Kier alpha value is -2.39. The topological polar surface area (TPSA) is 102 Å². The van der Waals surface area contributed by atoms with Crippen molar-refractivity contribution in [2.24, 2.45) is 0 Å². The number of hydrogen-bond donors (Lipinski definition) is 2. The van der Waals surface area contributed by atoms with Crippen molar-refractivity contribution < 1.29 is 22.7 Å². The molecule has 0 unspecified atom stereocenters. The number of esters is 1. The number of sulfonamides is 1. The second kappa shape index (κ2) is 8.33. The van der Waals surface area contributed by atoms with Crippen LogP contribution in [-0.4, -0.2) is 33.4 Å². The van der Waals surface area contributed by atoms with E-state index in [0.29, 0.717) is 0 Å². The molecule has 0 saturated heterocycles. The van der Waals surface area contributed by atoms with Crippen molar-refractivity contribution in [3.63, 3.8) is 0 Å². The molecule has 1 aromatic carbocycles. The average molecular weight is 396 g/mol. The highest BCUT2D eigenvalue weighted by Crippen LogP contribution is 2.26. The molecule has 1 heterocycles. The number of ether oxygens (including phenoxy) is 1. The number of nitrogens with one attached hydrogen (secondary N) is 2. The first-order chi connectivity index (χ1) is 12.3. The van der Waals surface area contributed by atoms with E-state index in [-0.39, 0.29) is 33.0 Å². The van der Waals surface area contributed by atoms with Gasteiger partial charge < -0.3 is 10.1 Å². The number of rotatable bonds is 7. The van der Waals surface area contributed by atoms with Gasteiger partial charge >= 0.3 is 5.97 Å². The maximum atomic E-state index is 12.7. The van der Waals surface area contributed by atoms with Crippen molar-refractivity contribution in [3.8, 4) is 0 Å². The van der Waals surface area contributed by atoms with Crippen LogP contribution < -0.4 is 10.0 Å². The fourth-order valence-electron chi connectivity index (χ4n) is 2.12. The molecule has 0 fully saturated rings. The molecule has 2 aromatic rings. The molecular formula is C17H20N2O5S2. The quantitative estimate of drug-likeness (QED) is 0.701. The first-order valence-electron chi connectivity index (χ1n) is 7.88. The van der Waals surface area contributed by atoms with Crippen molar-refractivity contribution in [1.82, 2.24) is 5.32 Å². The summed E-state index contributed by atoms with van der Waals surface area (Å²) in [6.45, 7) is 3.79. The van der Waals surface area contributed by atoms with E-state index in [4.69, 9.17) is 0 Å². The zero-order chi connectivity index (χ0) is 19.3. The molecule has 0 radical (unpaired) electrons. The van der Waals surface area contributed by atoms with Gasteiger partial charge in [0.1, 0.15) is 9.77 Å². The minimum Gasteiger partial charge on any atom is -0.465 e. The van der Waals surface area contributed by atoms with E-state index in [1.54, 1.807) is 12.1 Å². The van der Waals surface area contributed by atoms with E-state index in [2.05, 4.69) is 14.8 Å². The normalized spacial score (nSPS) is 12.3. The lowest BCUT2D eigenvalue weighted by Crippen LogP contribution is -2.32. The van der Waals surface area contributed by atoms with Crippen LogP contribution in [0.15, 0.2) is 40.6 Å². The van der Waals surface area contributed by atoms with Gasteiger partial charge in [-0.25, -0.2) is 13.2 Å². The van der Waals surface area contributed by atoms with E-state index in [1.165, 1.54) is 30.7 Å². The van der Waals surface area contributed by atoms with Gasteiger partial charge in [0.05, 0.1) is 18.4 Å². The predicted molar refractivity (Wildman–Crippen MR) is 100 cm³/mol. The van der Waals surface area contributed by atoms with Gasteiger partial charge in [-0.05, 0) is 36.9 Å². The predicted octanol–water partition coefficient (Wildman–Crippen LogP) is 2.86. The summed E-state index contributed by atoms with van der Waals surface area (Å²) in [6, 6.07) is 7.56. The van der Waals surface area contributed by atoms with E-state index >= 15 is 0 Å². The molecule has 0 aliphatic rings. The van der Waals surface area contributed by atoms with E-state index in [0.717, 1.165) is 17.8 Å². The molecule has 1 amide bonds. The van der Waals surface area contributed by atoms with Crippen LogP contribution in [0.3, 0.4) is 0 Å². The number of thiophene rings is 1. The second-order valence-corrected chi connectivity index (χ2v) is 8.11. The van der Waals surface area contributed by atoms with Crippen molar-refractivity contribution in [2.45, 2.75) is 31.2 Å². The Bertz CT molecular complexity index is 905. The van der Waals surface area contributed by atoms with Crippen molar-refractivity contribution in [3.05, 3.63) is 46.2 Å². The molecule has 26 heavy (non-hydrogen) atoms. The third-order valence-corrected chi connectivity index (χ3v) is 6.13. The summed E-state index contributed by atoms with van der Waals surface area (Å²) in [5.74, 6) is -1.11. The van der Waals surface area contributed by atoms with Crippen molar-refractivity contribution >= 4 is 38.9 Å². The number of methoxy groups -OCH3 is 1. The van der Waals surface area contributed by atoms with Crippen molar-refractivity contribution in [1.29, 1.82) is 0 Å². The van der Waals surface area contributed by atoms with Gasteiger partial charge in [-0.2, -0.15) is 0 Å². The summed E-state index contributed by atoms with van der Waals surface area (Å²) >= 11 is 0.969. The molecule has 0 saturated carbocycles. The number of carbonyl (C=O) groups is 2. The van der Waals surface area contributed by atoms with E-state index in [1.807, 2.05) is 13.8 Å². The lowest BCUT2D eigenvalue weighted by atomic mass is 10.1. The zero-order valence-electron chi connectivity index (χ0n) is 14.6. The summed E-state index contributed by atoms with van der Waals surface area (Å²) in [4.78, 5) is 24.0. The molecule has 2 rings (SSSR count). The minimum atomic E-state index is -4.07. The Labute approximate surface area is 156 Å². The molecule has 9 heteroatoms. The Balaban J connectivity index is 2.35. The molecular weight excluding hydrogens is 376 g/mol. The Kier molecular flexibility index (Phi) is 6.38. The molecule has 2 N–H and O–H groups in total. The minimum absolute atomic E-state index is 0.0264. The van der Waals surface area contributed by atoms with Crippen LogP contribution in [0.4, 0.5) is 5.69 Å². The standard InChI is InChI=1S/C17H20N2O5S2/c1-4-11(2)18-16(20)12-7-5-6-8-13(12)19-26(22,23)14-9-10-25-15(14)17(21)24-3/h5-11,19H,4H2,1-3H3,(H,18,20)/t11-/m0/s1. The van der Waals surface area contributed by atoms with Crippen LogP contribution in [0, 0.1) is 0 Å². The smallest absolute Gasteiger partial charge is 0.349 e. The largest absolute Gasteiger partial charge is 0.465 e. The lowest BCUT2D eigenvalue weighted by molar-refractivity contribution is 0.0602. The maximum Gasteiger partial charge on any atom is 0.349 e. The third-order valence-electron chi connectivity index (χ3n) is 3.70. The summed E-state index contributed by atoms with van der Waals surface area (Å²) in [5.41, 5.74) is 0.335. The fraction of sp³-hybridized carbons (Fsp3) is 0.294. The maximum absolute atomic E-state index is 12.7. The summed E-state index contributed by atoms with van der Waals surface area (Å²) in [6.07, 6.45) is 0.747. The summed E-state index contributed by atoms with van der Waals surface area (Å²) in [5, 5.41) is 4.29. The number of para-hydroxylation sites is 1. The van der Waals surface area contributed by atoms with Gasteiger partial charge in [0.2, 0.25) is 0 Å². The molecule has 0 bridgehead atoms. The van der Waals surface area contributed by atoms with Crippen molar-refractivity contribution in [2.75, 3.05) is 11.8 Å². The Morgan fingerprint density at radius 2 is 1.92 bits per heavy atom. The number of carbonyl (C=O) groups excluding carboxylic acids is 2. The number of anilines is 1. The summed E-state index contributed by atoms with van der Waals surface area (Å²) in [7, 11) is -2.89. The monoisotopic (exact) mass is 396 g/mol. The van der Waals surface area contributed by atoms with Crippen LogP contribution in [-0.2, 0) is 14.8 Å². The van der Waals surface area contributed by atoms with Crippen LogP contribution >= 0.6 is 11.3 Å². The molecule has 0 aliphatic carbocycles. The Morgan fingerprint density at radius 3 is 2.58 bits per heavy atom. The number of benzene rings is 1. The number of hydrogen-bond acceptors (Lipinski definition) is 6. The van der Waals surface area contributed by atoms with Gasteiger partial charge in [0, 0.05) is 6.04 Å². The zero-order valence-corrected chi connectivity index (χ0v) is 16.2. The highest BCUT2D eigenvalue weighted by molar-refractivity contribution is 7.93. The van der Waals surface area contributed by atoms with E-state index in [9.17, 15) is 18.0 Å². The van der Waals surface area contributed by atoms with Gasteiger partial charge in [0.15, 0.2) is 0 Å². The average Bonchev–Trinajstić information content (AvgIpc) is 3.11. The highest BCUT2D eigenvalue weighted by atomic mass is 32.2. The fourth-order valence-corrected chi connectivity index (χ4v) is 4.54. The highest BCUT2D eigenvalue weighted by Gasteiger charge is 2.26. The SMILES string of the molecule is CC[C@H](C)NC(=O)c1ccccc1NS(=O)(=O)c1ccsc1C(=O)OC. The molecule has 1 atom stereocenters. The van der Waals surface area contributed by atoms with E-state index < -0.39 is 16.0 Å². The first-order valence-corrected chi connectivity index (χ1v) is 10.2. The second-order valence-electron chi connectivity index (χ2n) is 5.54. The third kappa shape index (κ3) is 4.41.